The van der Waals surface area contributed by atoms with E-state index in [2.05, 4.69) is 10.3 Å². The maximum atomic E-state index is 6.13. The highest BCUT2D eigenvalue weighted by atomic mass is 16.5. The van der Waals surface area contributed by atoms with Gasteiger partial charge >= 0.3 is 0 Å². The van der Waals surface area contributed by atoms with Gasteiger partial charge in [-0.05, 0) is 38.1 Å². The molecule has 1 saturated carbocycles. The van der Waals surface area contributed by atoms with Gasteiger partial charge in [0.05, 0.1) is 12.6 Å². The second kappa shape index (κ2) is 5.38. The fraction of sp³-hybridized carbons (Fsp3) is 0.929. The molecule has 0 aromatic carbocycles. The molecule has 17 heavy (non-hydrogen) atoms. The lowest BCUT2D eigenvalue weighted by atomic mass is 9.85. The molecule has 3 rings (SSSR count). The van der Waals surface area contributed by atoms with Gasteiger partial charge in [-0.2, -0.15) is 0 Å². The van der Waals surface area contributed by atoms with Gasteiger partial charge in [0, 0.05) is 0 Å². The van der Waals surface area contributed by atoms with Crippen molar-refractivity contribution in [2.75, 3.05) is 13.1 Å². The van der Waals surface area contributed by atoms with E-state index in [1.165, 1.54) is 51.4 Å². The van der Waals surface area contributed by atoms with Crippen molar-refractivity contribution in [2.24, 2.45) is 10.9 Å². The molecule has 3 heteroatoms. The highest BCUT2D eigenvalue weighted by Crippen LogP contribution is 2.30. The quantitative estimate of drug-likeness (QED) is 0.799. The average Bonchev–Trinajstić information content (AvgIpc) is 2.90. The zero-order valence-electron chi connectivity index (χ0n) is 10.7. The molecule has 3 nitrogen and oxygen atoms in total. The molecule has 96 valence electrons. The summed E-state index contributed by atoms with van der Waals surface area (Å²) in [5.74, 6) is 1.79. The number of aliphatic imine (C=N–C) groups is 1. The summed E-state index contributed by atoms with van der Waals surface area (Å²) < 4.78 is 6.13. The molecule has 1 saturated heterocycles. The lowest BCUT2D eigenvalue weighted by Crippen LogP contribution is -2.41. The van der Waals surface area contributed by atoms with Crippen molar-refractivity contribution in [3.63, 3.8) is 0 Å². The van der Waals surface area contributed by atoms with Gasteiger partial charge in [-0.25, -0.2) is 0 Å². The molecule has 2 fully saturated rings. The highest BCUT2D eigenvalue weighted by molar-refractivity contribution is 5.83. The minimum absolute atomic E-state index is 0.397. The molecule has 3 aliphatic rings. The van der Waals surface area contributed by atoms with Crippen LogP contribution in [0.25, 0.3) is 0 Å². The van der Waals surface area contributed by atoms with Crippen LogP contribution in [0.4, 0.5) is 0 Å². The molecule has 2 unspecified atom stereocenters. The molecular formula is C14H24N2O. The molecule has 2 heterocycles. The van der Waals surface area contributed by atoms with E-state index in [4.69, 9.17) is 4.74 Å². The van der Waals surface area contributed by atoms with Gasteiger partial charge in [0.15, 0.2) is 0 Å². The van der Waals surface area contributed by atoms with Crippen LogP contribution < -0.4 is 5.32 Å². The van der Waals surface area contributed by atoms with Gasteiger partial charge in [-0.1, -0.05) is 25.7 Å². The topological polar surface area (TPSA) is 33.6 Å². The maximum absolute atomic E-state index is 6.13. The normalized spacial score (nSPS) is 35.4. The number of nitrogens with one attached hydrogen (secondary N) is 1. The van der Waals surface area contributed by atoms with Crippen molar-refractivity contribution in [2.45, 2.75) is 63.5 Å². The van der Waals surface area contributed by atoms with E-state index in [0.717, 1.165) is 24.9 Å². The van der Waals surface area contributed by atoms with Crippen LogP contribution in [0.3, 0.4) is 0 Å². The van der Waals surface area contributed by atoms with Gasteiger partial charge in [0.2, 0.25) is 5.90 Å². The second-order valence-electron chi connectivity index (χ2n) is 5.74. The van der Waals surface area contributed by atoms with Crippen LogP contribution in [-0.4, -0.2) is 31.1 Å². The van der Waals surface area contributed by atoms with Crippen molar-refractivity contribution < 1.29 is 4.74 Å². The Morgan fingerprint density at radius 1 is 1.00 bits per heavy atom. The van der Waals surface area contributed by atoms with E-state index in [0.29, 0.717) is 12.1 Å². The lowest BCUT2D eigenvalue weighted by Gasteiger charge is -2.28. The Kier molecular flexibility index (Phi) is 3.65. The van der Waals surface area contributed by atoms with Crippen LogP contribution in [0.15, 0.2) is 4.99 Å². The number of ether oxygens (including phenoxy) is 1. The van der Waals surface area contributed by atoms with E-state index in [1.807, 2.05) is 0 Å². The molecule has 0 bridgehead atoms. The van der Waals surface area contributed by atoms with Crippen LogP contribution in [0, 0.1) is 5.92 Å². The maximum Gasteiger partial charge on any atom is 0.201 e. The van der Waals surface area contributed by atoms with E-state index in [1.54, 1.807) is 0 Å². The Balaban J connectivity index is 1.52. The SMILES string of the molecule is C1CCC(C2CN=C(C3CCCCN3)O2)CC1. The third-order valence-electron chi connectivity index (χ3n) is 4.48. The fourth-order valence-electron chi connectivity index (χ4n) is 3.42. The summed E-state index contributed by atoms with van der Waals surface area (Å²) in [6, 6.07) is 0.414. The predicted octanol–water partition coefficient (Wildman–Crippen LogP) is 2.51. The Hall–Kier alpha value is -0.570. The molecule has 0 radical (unpaired) electrons. The van der Waals surface area contributed by atoms with Crippen LogP contribution in [-0.2, 0) is 4.74 Å². The summed E-state index contributed by atoms with van der Waals surface area (Å²) in [6.07, 6.45) is 11.1. The summed E-state index contributed by atoms with van der Waals surface area (Å²) in [5, 5.41) is 3.53. The molecule has 0 spiro atoms. The standard InChI is InChI=1S/C14H24N2O/c1-2-6-11(7-3-1)13-10-16-14(17-13)12-8-4-5-9-15-12/h11-13,15H,1-10H2. The predicted molar refractivity (Wildman–Crippen MR) is 69.4 cm³/mol. The molecule has 0 aromatic heterocycles. The van der Waals surface area contributed by atoms with E-state index in [9.17, 15) is 0 Å². The Labute approximate surface area is 104 Å². The number of rotatable bonds is 2. The highest BCUT2D eigenvalue weighted by Gasteiger charge is 2.32. The van der Waals surface area contributed by atoms with Crippen molar-refractivity contribution in [1.82, 2.24) is 5.32 Å². The number of hydrogen-bond acceptors (Lipinski definition) is 3. The Morgan fingerprint density at radius 2 is 1.82 bits per heavy atom. The first kappa shape index (κ1) is 11.5. The molecular weight excluding hydrogens is 212 g/mol. The van der Waals surface area contributed by atoms with Gasteiger partial charge < -0.3 is 10.1 Å². The largest absolute Gasteiger partial charge is 0.474 e. The number of hydrogen-bond donors (Lipinski definition) is 1. The Morgan fingerprint density at radius 3 is 2.59 bits per heavy atom. The van der Waals surface area contributed by atoms with Crippen LogP contribution >= 0.6 is 0 Å². The smallest absolute Gasteiger partial charge is 0.201 e. The summed E-state index contributed by atoms with van der Waals surface area (Å²) in [6.45, 7) is 2.04. The first-order valence-corrected chi connectivity index (χ1v) is 7.38. The van der Waals surface area contributed by atoms with Crippen molar-refractivity contribution in [1.29, 1.82) is 0 Å². The second-order valence-corrected chi connectivity index (χ2v) is 5.74. The van der Waals surface area contributed by atoms with Crippen molar-refractivity contribution in [3.8, 4) is 0 Å². The molecule has 1 N–H and O–H groups in total. The molecule has 0 amide bonds. The van der Waals surface area contributed by atoms with Crippen molar-refractivity contribution >= 4 is 5.90 Å². The van der Waals surface area contributed by atoms with Crippen LogP contribution in [0.2, 0.25) is 0 Å². The van der Waals surface area contributed by atoms with E-state index in [-0.39, 0.29) is 0 Å². The first-order valence-electron chi connectivity index (χ1n) is 7.38. The minimum Gasteiger partial charge on any atom is -0.474 e. The van der Waals surface area contributed by atoms with Crippen LogP contribution in [0.5, 0.6) is 0 Å². The van der Waals surface area contributed by atoms with Gasteiger partial charge in [0.25, 0.3) is 0 Å². The summed E-state index contributed by atoms with van der Waals surface area (Å²) >= 11 is 0. The van der Waals surface area contributed by atoms with Gasteiger partial charge in [-0.15, -0.1) is 0 Å². The first-order chi connectivity index (χ1) is 8.43. The van der Waals surface area contributed by atoms with E-state index >= 15 is 0 Å². The summed E-state index contributed by atoms with van der Waals surface area (Å²) in [4.78, 5) is 4.65. The number of piperidine rings is 1. The van der Waals surface area contributed by atoms with Gasteiger partial charge in [0.1, 0.15) is 6.10 Å². The number of nitrogens with zero attached hydrogens (tertiary/aromatic N) is 1. The molecule has 2 atom stereocenters. The van der Waals surface area contributed by atoms with Crippen LogP contribution in [0.1, 0.15) is 51.4 Å². The average molecular weight is 236 g/mol. The summed E-state index contributed by atoms with van der Waals surface area (Å²) in [7, 11) is 0. The van der Waals surface area contributed by atoms with Gasteiger partial charge in [-0.3, -0.25) is 4.99 Å². The molecule has 2 aliphatic heterocycles. The third kappa shape index (κ3) is 2.65. The fourth-order valence-corrected chi connectivity index (χ4v) is 3.42. The minimum atomic E-state index is 0.397. The molecule has 1 aliphatic carbocycles. The monoisotopic (exact) mass is 236 g/mol. The van der Waals surface area contributed by atoms with Crippen molar-refractivity contribution in [3.05, 3.63) is 0 Å². The zero-order valence-corrected chi connectivity index (χ0v) is 10.7. The summed E-state index contributed by atoms with van der Waals surface area (Å²) in [5.41, 5.74) is 0. The molecule has 0 aromatic rings. The zero-order chi connectivity index (χ0) is 11.5. The Bertz CT molecular complexity index is 278. The van der Waals surface area contributed by atoms with E-state index < -0.39 is 0 Å². The lowest BCUT2D eigenvalue weighted by molar-refractivity contribution is 0.116. The third-order valence-corrected chi connectivity index (χ3v) is 4.48.